The Labute approximate surface area is 103 Å². The summed E-state index contributed by atoms with van der Waals surface area (Å²) in [5.74, 6) is 0.865. The van der Waals surface area contributed by atoms with Crippen LogP contribution in [0.4, 0.5) is 0 Å². The van der Waals surface area contributed by atoms with Gasteiger partial charge in [-0.3, -0.25) is 4.79 Å². The van der Waals surface area contributed by atoms with Crippen LogP contribution in [0.5, 0.6) is 0 Å². The lowest BCUT2D eigenvalue weighted by Gasteiger charge is -2.34. The molecule has 1 amide bonds. The minimum absolute atomic E-state index is 0. The molecule has 4 nitrogen and oxygen atoms in total. The maximum absolute atomic E-state index is 12.0. The number of nitrogens with two attached hydrogens (primary N) is 1. The molecule has 1 saturated carbocycles. The van der Waals surface area contributed by atoms with E-state index in [0.29, 0.717) is 19.8 Å². The van der Waals surface area contributed by atoms with Gasteiger partial charge in [0.05, 0.1) is 5.41 Å². The third kappa shape index (κ3) is 3.09. The fraction of sp³-hybridized carbons (Fsp3) is 0.909. The van der Waals surface area contributed by atoms with E-state index in [0.717, 1.165) is 25.3 Å². The van der Waals surface area contributed by atoms with Gasteiger partial charge in [-0.1, -0.05) is 0 Å². The molecule has 2 rings (SSSR count). The number of rotatable bonds is 4. The van der Waals surface area contributed by atoms with Crippen molar-refractivity contribution in [3.8, 4) is 0 Å². The second-order valence-corrected chi connectivity index (χ2v) is 4.75. The van der Waals surface area contributed by atoms with Gasteiger partial charge < -0.3 is 15.8 Å². The highest BCUT2D eigenvalue weighted by atomic mass is 35.5. The highest BCUT2D eigenvalue weighted by Gasteiger charge is 2.39. The average molecular weight is 249 g/mol. The van der Waals surface area contributed by atoms with Gasteiger partial charge in [-0.15, -0.1) is 12.4 Å². The minimum Gasteiger partial charge on any atom is -0.381 e. The van der Waals surface area contributed by atoms with Crippen LogP contribution < -0.4 is 11.1 Å². The van der Waals surface area contributed by atoms with Crippen LogP contribution in [-0.4, -0.2) is 32.2 Å². The Hall–Kier alpha value is -0.320. The Morgan fingerprint density at radius 1 is 1.38 bits per heavy atom. The number of halogens is 1. The number of nitrogens with one attached hydrogen (secondary N) is 1. The molecule has 2 aliphatic rings. The molecular formula is C11H21ClN2O2. The molecule has 1 aliphatic heterocycles. The molecule has 0 aromatic rings. The van der Waals surface area contributed by atoms with E-state index in [-0.39, 0.29) is 23.7 Å². The lowest BCUT2D eigenvalue weighted by atomic mass is 9.79. The van der Waals surface area contributed by atoms with E-state index in [1.165, 1.54) is 12.8 Å². The molecule has 5 heteroatoms. The van der Waals surface area contributed by atoms with Crippen LogP contribution >= 0.6 is 12.4 Å². The van der Waals surface area contributed by atoms with Crippen molar-refractivity contribution in [1.82, 2.24) is 5.32 Å². The van der Waals surface area contributed by atoms with Gasteiger partial charge in [0.15, 0.2) is 0 Å². The van der Waals surface area contributed by atoms with Crippen molar-refractivity contribution in [2.45, 2.75) is 25.7 Å². The second kappa shape index (κ2) is 5.84. The van der Waals surface area contributed by atoms with Crippen LogP contribution in [0.25, 0.3) is 0 Å². The molecule has 0 atom stereocenters. The first-order valence-corrected chi connectivity index (χ1v) is 5.83. The summed E-state index contributed by atoms with van der Waals surface area (Å²) in [4.78, 5) is 12.0. The third-order valence-electron chi connectivity index (χ3n) is 3.57. The van der Waals surface area contributed by atoms with Crippen LogP contribution in [0.3, 0.4) is 0 Å². The van der Waals surface area contributed by atoms with E-state index < -0.39 is 0 Å². The molecular weight excluding hydrogens is 228 g/mol. The van der Waals surface area contributed by atoms with Crippen LogP contribution in [0, 0.1) is 11.3 Å². The normalized spacial score (nSPS) is 23.3. The minimum atomic E-state index is -0.354. The van der Waals surface area contributed by atoms with E-state index in [1.54, 1.807) is 0 Å². The summed E-state index contributed by atoms with van der Waals surface area (Å²) in [7, 11) is 0. The van der Waals surface area contributed by atoms with Crippen molar-refractivity contribution >= 4 is 18.3 Å². The fourth-order valence-corrected chi connectivity index (χ4v) is 2.03. The van der Waals surface area contributed by atoms with E-state index in [1.807, 2.05) is 0 Å². The molecule has 1 saturated heterocycles. The van der Waals surface area contributed by atoms with Gasteiger partial charge in [-0.25, -0.2) is 0 Å². The standard InChI is InChI=1S/C11H20N2O2.ClH/c12-8-11(3-5-15-6-4-11)10(14)13-7-9-1-2-9;/h9H,1-8,12H2,(H,13,14);1H. The molecule has 0 unspecified atom stereocenters. The van der Waals surface area contributed by atoms with E-state index in [2.05, 4.69) is 5.32 Å². The molecule has 0 aromatic carbocycles. The molecule has 16 heavy (non-hydrogen) atoms. The van der Waals surface area contributed by atoms with Crippen molar-refractivity contribution in [2.24, 2.45) is 17.1 Å². The summed E-state index contributed by atoms with van der Waals surface area (Å²) < 4.78 is 5.28. The van der Waals surface area contributed by atoms with Crippen LogP contribution in [-0.2, 0) is 9.53 Å². The predicted molar refractivity (Wildman–Crippen MR) is 64.5 cm³/mol. The number of hydrogen-bond donors (Lipinski definition) is 2. The Morgan fingerprint density at radius 2 is 2.00 bits per heavy atom. The SMILES string of the molecule is Cl.NCC1(C(=O)NCC2CC2)CCOCC1. The lowest BCUT2D eigenvalue weighted by Crippen LogP contribution is -2.49. The predicted octanol–water partition coefficient (Wildman–Crippen LogP) is 0.690. The highest BCUT2D eigenvalue weighted by Crippen LogP contribution is 2.31. The summed E-state index contributed by atoms with van der Waals surface area (Å²) in [6.07, 6.45) is 4.05. The van der Waals surface area contributed by atoms with Crippen molar-refractivity contribution in [2.75, 3.05) is 26.3 Å². The molecule has 3 N–H and O–H groups in total. The molecule has 0 bridgehead atoms. The first kappa shape index (κ1) is 13.7. The Bertz CT molecular complexity index is 238. The quantitative estimate of drug-likeness (QED) is 0.770. The van der Waals surface area contributed by atoms with E-state index >= 15 is 0 Å². The van der Waals surface area contributed by atoms with Crippen molar-refractivity contribution in [3.63, 3.8) is 0 Å². The van der Waals surface area contributed by atoms with E-state index in [4.69, 9.17) is 10.5 Å². The Balaban J connectivity index is 0.00000128. The van der Waals surface area contributed by atoms with Crippen LogP contribution in [0.2, 0.25) is 0 Å². The first-order valence-electron chi connectivity index (χ1n) is 5.83. The van der Waals surface area contributed by atoms with Gasteiger partial charge in [0.2, 0.25) is 5.91 Å². The fourth-order valence-electron chi connectivity index (χ4n) is 2.03. The van der Waals surface area contributed by atoms with Gasteiger partial charge in [-0.05, 0) is 31.6 Å². The van der Waals surface area contributed by atoms with Gasteiger partial charge in [-0.2, -0.15) is 0 Å². The monoisotopic (exact) mass is 248 g/mol. The number of amides is 1. The second-order valence-electron chi connectivity index (χ2n) is 4.75. The molecule has 94 valence electrons. The first-order chi connectivity index (χ1) is 7.27. The van der Waals surface area contributed by atoms with Gasteiger partial charge in [0.25, 0.3) is 0 Å². The van der Waals surface area contributed by atoms with Gasteiger partial charge in [0.1, 0.15) is 0 Å². The Morgan fingerprint density at radius 3 is 2.50 bits per heavy atom. The van der Waals surface area contributed by atoms with Crippen molar-refractivity contribution in [3.05, 3.63) is 0 Å². The molecule has 0 radical (unpaired) electrons. The Kier molecular flexibility index (Phi) is 5.02. The number of ether oxygens (including phenoxy) is 1. The summed E-state index contributed by atoms with van der Waals surface area (Å²) in [5, 5.41) is 3.03. The number of carbonyl (C=O) groups excluding carboxylic acids is 1. The third-order valence-corrected chi connectivity index (χ3v) is 3.57. The summed E-state index contributed by atoms with van der Waals surface area (Å²) in [6, 6.07) is 0. The molecule has 1 heterocycles. The summed E-state index contributed by atoms with van der Waals surface area (Å²) in [5.41, 5.74) is 5.39. The molecule has 0 spiro atoms. The smallest absolute Gasteiger partial charge is 0.227 e. The molecule has 0 aromatic heterocycles. The largest absolute Gasteiger partial charge is 0.381 e. The van der Waals surface area contributed by atoms with Crippen molar-refractivity contribution < 1.29 is 9.53 Å². The summed E-state index contributed by atoms with van der Waals surface area (Å²) in [6.45, 7) is 2.59. The average Bonchev–Trinajstić information content (AvgIpc) is 3.10. The van der Waals surface area contributed by atoms with Crippen LogP contribution in [0.1, 0.15) is 25.7 Å². The lowest BCUT2D eigenvalue weighted by molar-refractivity contribution is -0.135. The topological polar surface area (TPSA) is 64.4 Å². The van der Waals surface area contributed by atoms with Crippen molar-refractivity contribution in [1.29, 1.82) is 0 Å². The maximum atomic E-state index is 12.0. The zero-order valence-corrected chi connectivity index (χ0v) is 10.4. The number of hydrogen-bond acceptors (Lipinski definition) is 3. The van der Waals surface area contributed by atoms with Crippen LogP contribution in [0.15, 0.2) is 0 Å². The highest BCUT2D eigenvalue weighted by molar-refractivity contribution is 5.85. The zero-order valence-electron chi connectivity index (χ0n) is 9.54. The number of carbonyl (C=O) groups is 1. The van der Waals surface area contributed by atoms with Gasteiger partial charge >= 0.3 is 0 Å². The maximum Gasteiger partial charge on any atom is 0.227 e. The summed E-state index contributed by atoms with van der Waals surface area (Å²) >= 11 is 0. The van der Waals surface area contributed by atoms with E-state index in [9.17, 15) is 4.79 Å². The molecule has 1 aliphatic carbocycles. The zero-order chi connectivity index (χ0) is 10.7. The molecule has 2 fully saturated rings. The van der Waals surface area contributed by atoms with Gasteiger partial charge in [0, 0.05) is 26.3 Å².